The van der Waals surface area contributed by atoms with Crippen molar-refractivity contribution in [2.75, 3.05) is 27.3 Å². The van der Waals surface area contributed by atoms with Crippen molar-refractivity contribution in [3.8, 4) is 23.7 Å². The molecule has 2 aliphatic rings. The van der Waals surface area contributed by atoms with Crippen LogP contribution in [-0.2, 0) is 31.9 Å². The van der Waals surface area contributed by atoms with E-state index in [1.807, 2.05) is 75.6 Å². The quantitative estimate of drug-likeness (QED) is 0.191. The van der Waals surface area contributed by atoms with Crippen molar-refractivity contribution in [1.82, 2.24) is 40.4 Å². The third-order valence-corrected chi connectivity index (χ3v) is 10.8. The van der Waals surface area contributed by atoms with Gasteiger partial charge in [0, 0.05) is 24.2 Å². The van der Waals surface area contributed by atoms with Crippen LogP contribution in [0.2, 0.25) is 0 Å². The number of nitrogens with one attached hydrogen (secondary N) is 4. The molecule has 5 rings (SSSR count). The van der Waals surface area contributed by atoms with Crippen molar-refractivity contribution in [3.05, 3.63) is 69.8 Å². The summed E-state index contributed by atoms with van der Waals surface area (Å²) in [6, 6.07) is 5.73. The van der Waals surface area contributed by atoms with Gasteiger partial charge in [-0.15, -0.1) is 0 Å². The number of benzene rings is 1. The molecule has 0 saturated carbocycles. The number of carbonyl (C=O) groups is 4. The van der Waals surface area contributed by atoms with E-state index in [1.54, 1.807) is 0 Å². The van der Waals surface area contributed by atoms with Crippen LogP contribution in [0.15, 0.2) is 24.3 Å². The fourth-order valence-corrected chi connectivity index (χ4v) is 7.65. The van der Waals surface area contributed by atoms with Crippen LogP contribution >= 0.6 is 0 Å². The number of H-pyrrole nitrogens is 2. The lowest BCUT2D eigenvalue weighted by Gasteiger charge is -2.30. The van der Waals surface area contributed by atoms with E-state index in [0.717, 1.165) is 35.4 Å². The summed E-state index contributed by atoms with van der Waals surface area (Å²) < 4.78 is 9.56. The van der Waals surface area contributed by atoms with E-state index in [9.17, 15) is 19.2 Å². The first-order valence-electron chi connectivity index (χ1n) is 20.3. The molecule has 0 aliphatic carbocycles. The number of aromatic nitrogens is 4. The molecule has 1 aromatic carbocycles. The third-order valence-electron chi connectivity index (χ3n) is 10.8. The second kappa shape index (κ2) is 19.1. The summed E-state index contributed by atoms with van der Waals surface area (Å²) in [6.45, 7) is 17.0. The number of likely N-dealkylation sites (tertiary alicyclic amines) is 2. The lowest BCUT2D eigenvalue weighted by Crippen LogP contribution is -2.51. The Kier molecular flexibility index (Phi) is 14.3. The van der Waals surface area contributed by atoms with Crippen LogP contribution in [-0.4, -0.2) is 93.1 Å². The number of alkyl carbamates (subject to hydrolysis) is 2. The minimum absolute atomic E-state index is 0.129. The fourth-order valence-electron chi connectivity index (χ4n) is 7.65. The molecule has 14 nitrogen and oxygen atoms in total. The Hall–Kier alpha value is -5.76. The highest BCUT2D eigenvalue weighted by atomic mass is 16.5. The number of hydrogen-bond donors (Lipinski definition) is 4. The zero-order valence-corrected chi connectivity index (χ0v) is 35.4. The Morgan fingerprint density at radius 1 is 0.690 bits per heavy atom. The number of aromatic amines is 2. The Bertz CT molecular complexity index is 1930. The number of ether oxygens (including phenoxy) is 2. The van der Waals surface area contributed by atoms with Crippen LogP contribution in [0.4, 0.5) is 9.59 Å². The molecule has 0 spiro atoms. The van der Waals surface area contributed by atoms with E-state index in [4.69, 9.17) is 19.4 Å². The molecule has 2 saturated heterocycles. The molecule has 3 aromatic rings. The van der Waals surface area contributed by atoms with E-state index < -0.39 is 24.3 Å². The largest absolute Gasteiger partial charge is 0.453 e. The van der Waals surface area contributed by atoms with Gasteiger partial charge in [-0.1, -0.05) is 67.2 Å². The number of hydrogen-bond acceptors (Lipinski definition) is 8. The number of rotatable bonds is 10. The number of nitrogens with zero attached hydrogens (tertiary/aromatic N) is 4. The minimum atomic E-state index is -0.718. The zero-order chi connectivity index (χ0) is 42.3. The molecule has 6 atom stereocenters. The Morgan fingerprint density at radius 2 is 1.05 bits per heavy atom. The molecular formula is C44H58N8O6. The standard InChI is InChI=1S/C44H58N8O6/c1-11-31-33(47-39(45-31)35-21-27(7)23-51(35)41(53)37(25(3)4)49-43(55)57-9)19-17-29-13-15-30(16-14-29)18-20-34-32(12-2)46-40(48-34)36-22-28(8)24-52(36)42(54)38(26(5)6)50-44(56)58-10/h13-16,25-28,35-38H,11-12,21-24H2,1-10H3,(H,45,47)(H,46,48)(H,49,55)(H,50,56). The van der Waals surface area contributed by atoms with Crippen LogP contribution in [0, 0.1) is 47.4 Å². The molecule has 6 unspecified atom stereocenters. The smallest absolute Gasteiger partial charge is 0.407 e. The Morgan fingerprint density at radius 3 is 1.36 bits per heavy atom. The lowest BCUT2D eigenvalue weighted by atomic mass is 10.0. The SMILES string of the molecule is CCc1nc(C2CC(C)CN2C(=O)C(NC(=O)OC)C(C)C)[nH]c1C#Cc1ccc(C#Cc2[nH]c(C3CC(C)CN3C(=O)C(NC(=O)OC)C(C)C)nc2CC)cc1. The summed E-state index contributed by atoms with van der Waals surface area (Å²) in [5, 5.41) is 5.41. The summed E-state index contributed by atoms with van der Waals surface area (Å²) >= 11 is 0. The molecular weight excluding hydrogens is 737 g/mol. The van der Waals surface area contributed by atoms with Crippen molar-refractivity contribution in [2.45, 2.75) is 105 Å². The summed E-state index contributed by atoms with van der Waals surface area (Å²) in [5.74, 6) is 14.4. The maximum Gasteiger partial charge on any atom is 0.407 e. The summed E-state index contributed by atoms with van der Waals surface area (Å²) in [5.41, 5.74) is 4.69. The molecule has 310 valence electrons. The topological polar surface area (TPSA) is 175 Å². The second-order valence-corrected chi connectivity index (χ2v) is 16.1. The third kappa shape index (κ3) is 10.0. The first kappa shape index (κ1) is 43.4. The van der Waals surface area contributed by atoms with Gasteiger partial charge in [-0.2, -0.15) is 0 Å². The van der Waals surface area contributed by atoms with Crippen molar-refractivity contribution < 1.29 is 28.7 Å². The average molecular weight is 795 g/mol. The summed E-state index contributed by atoms with van der Waals surface area (Å²) in [6.07, 6.45) is 1.54. The van der Waals surface area contributed by atoms with Crippen LogP contribution in [0.5, 0.6) is 0 Å². The van der Waals surface area contributed by atoms with Gasteiger partial charge in [-0.05, 0) is 85.5 Å². The number of amides is 4. The molecule has 4 amide bonds. The maximum atomic E-state index is 13.7. The Labute approximate surface area is 342 Å². The maximum absolute atomic E-state index is 13.7. The predicted octanol–water partition coefficient (Wildman–Crippen LogP) is 5.64. The fraction of sp³-hybridized carbons (Fsp3) is 0.545. The van der Waals surface area contributed by atoms with E-state index in [-0.39, 0.29) is 47.6 Å². The van der Waals surface area contributed by atoms with Gasteiger partial charge in [0.15, 0.2) is 0 Å². The highest BCUT2D eigenvalue weighted by Gasteiger charge is 2.42. The average Bonchev–Trinajstić information content (AvgIpc) is 4.01. The first-order valence-corrected chi connectivity index (χ1v) is 20.3. The van der Waals surface area contributed by atoms with E-state index in [0.29, 0.717) is 49.0 Å². The molecule has 4 heterocycles. The Balaban J connectivity index is 1.31. The summed E-state index contributed by atoms with van der Waals surface area (Å²) in [7, 11) is 2.57. The molecule has 0 bridgehead atoms. The first-order chi connectivity index (χ1) is 27.7. The molecule has 4 N–H and O–H groups in total. The monoisotopic (exact) mass is 794 g/mol. The van der Waals surface area contributed by atoms with E-state index >= 15 is 0 Å². The van der Waals surface area contributed by atoms with Crippen molar-refractivity contribution in [3.63, 3.8) is 0 Å². The molecule has 2 aromatic heterocycles. The van der Waals surface area contributed by atoms with Crippen LogP contribution < -0.4 is 10.6 Å². The van der Waals surface area contributed by atoms with Gasteiger partial charge < -0.3 is 39.9 Å². The summed E-state index contributed by atoms with van der Waals surface area (Å²) in [4.78, 5) is 71.8. The molecule has 0 radical (unpaired) electrons. The van der Waals surface area contributed by atoms with Gasteiger partial charge in [0.05, 0.1) is 37.7 Å². The van der Waals surface area contributed by atoms with Gasteiger partial charge in [-0.3, -0.25) is 9.59 Å². The number of aryl methyl sites for hydroxylation is 2. The van der Waals surface area contributed by atoms with Crippen molar-refractivity contribution in [1.29, 1.82) is 0 Å². The second-order valence-electron chi connectivity index (χ2n) is 16.1. The van der Waals surface area contributed by atoms with E-state index in [2.05, 4.69) is 58.1 Å². The van der Waals surface area contributed by atoms with Crippen molar-refractivity contribution in [2.24, 2.45) is 23.7 Å². The molecule has 2 fully saturated rings. The highest BCUT2D eigenvalue weighted by molar-refractivity contribution is 5.87. The van der Waals surface area contributed by atoms with E-state index in [1.165, 1.54) is 14.2 Å². The van der Waals surface area contributed by atoms with Gasteiger partial charge in [0.25, 0.3) is 0 Å². The molecule has 58 heavy (non-hydrogen) atoms. The minimum Gasteiger partial charge on any atom is -0.453 e. The van der Waals surface area contributed by atoms with Gasteiger partial charge in [0.2, 0.25) is 11.8 Å². The number of carbonyl (C=O) groups excluding carboxylic acids is 4. The van der Waals surface area contributed by atoms with Crippen LogP contribution in [0.3, 0.4) is 0 Å². The number of methoxy groups -OCH3 is 2. The lowest BCUT2D eigenvalue weighted by molar-refractivity contribution is -0.136. The number of imidazole rings is 2. The highest BCUT2D eigenvalue weighted by Crippen LogP contribution is 2.37. The van der Waals surface area contributed by atoms with Gasteiger partial charge in [-0.25, -0.2) is 19.6 Å². The van der Waals surface area contributed by atoms with Crippen LogP contribution in [0.1, 0.15) is 126 Å². The van der Waals surface area contributed by atoms with Gasteiger partial charge in [0.1, 0.15) is 35.1 Å². The van der Waals surface area contributed by atoms with Gasteiger partial charge >= 0.3 is 12.2 Å². The van der Waals surface area contributed by atoms with Crippen LogP contribution in [0.25, 0.3) is 0 Å². The van der Waals surface area contributed by atoms with Crippen molar-refractivity contribution >= 4 is 24.0 Å². The predicted molar refractivity (Wildman–Crippen MR) is 219 cm³/mol. The molecule has 14 heteroatoms. The zero-order valence-electron chi connectivity index (χ0n) is 35.4. The normalized spacial score (nSPS) is 19.9. The molecule has 2 aliphatic heterocycles.